The molecule has 2 aliphatic heterocycles. The smallest absolute Gasteiger partial charge is 0.409 e. The molecule has 2 aliphatic rings. The number of hydrogen-bond acceptors (Lipinski definition) is 5. The van der Waals surface area contributed by atoms with Gasteiger partial charge in [0.05, 0.1) is 24.6 Å². The molecular weight excluding hydrogens is 394 g/mol. The Morgan fingerprint density at radius 3 is 2.72 bits per heavy atom. The Morgan fingerprint density at radius 1 is 1.28 bits per heavy atom. The number of guanidine groups is 1. The van der Waals surface area contributed by atoms with Crippen LogP contribution >= 0.6 is 0 Å². The van der Waals surface area contributed by atoms with Crippen molar-refractivity contribution in [2.24, 2.45) is 10.7 Å². The first-order chi connectivity index (χ1) is 13.9. The van der Waals surface area contributed by atoms with E-state index in [4.69, 9.17) is 10.5 Å². The molecule has 0 radical (unpaired) electrons. The zero-order valence-corrected chi connectivity index (χ0v) is 17.5. The molecule has 0 atom stereocenters. The van der Waals surface area contributed by atoms with Gasteiger partial charge in [0.1, 0.15) is 0 Å². The van der Waals surface area contributed by atoms with Crippen molar-refractivity contribution >= 4 is 27.8 Å². The standard InChI is InChI=1S/C19H29N5O4S/c1-2-28-19(25)23-11-8-16(9-12-23)22-18(20)21-10-14-29(26,27)24-13-7-15-5-3-4-6-17(15)24/h3-6,16H,2,7-14H2,1H3,(H3,20,21,22). The van der Waals surface area contributed by atoms with Gasteiger partial charge in [0.15, 0.2) is 5.96 Å². The van der Waals surface area contributed by atoms with E-state index >= 15 is 0 Å². The highest BCUT2D eigenvalue weighted by Crippen LogP contribution is 2.29. The average Bonchev–Trinajstić information content (AvgIpc) is 3.14. The first kappa shape index (κ1) is 21.2. The van der Waals surface area contributed by atoms with E-state index in [0.717, 1.165) is 30.5 Å². The fourth-order valence-corrected chi connectivity index (χ4v) is 5.05. The Labute approximate surface area is 172 Å². The van der Waals surface area contributed by atoms with Gasteiger partial charge in [-0.25, -0.2) is 13.2 Å². The van der Waals surface area contributed by atoms with Gasteiger partial charge in [0, 0.05) is 25.7 Å². The van der Waals surface area contributed by atoms with Crippen LogP contribution in [0.25, 0.3) is 0 Å². The van der Waals surface area contributed by atoms with Crippen LogP contribution in [0.3, 0.4) is 0 Å². The van der Waals surface area contributed by atoms with Gasteiger partial charge in [0.25, 0.3) is 0 Å². The van der Waals surface area contributed by atoms with Crippen LogP contribution in [-0.2, 0) is 21.2 Å². The molecule has 10 heteroatoms. The van der Waals surface area contributed by atoms with E-state index in [-0.39, 0.29) is 30.4 Å². The molecule has 3 rings (SSSR count). The number of amides is 1. The molecule has 2 heterocycles. The number of nitrogens with two attached hydrogens (primary N) is 1. The van der Waals surface area contributed by atoms with Crippen LogP contribution in [-0.4, -0.2) is 70.0 Å². The second kappa shape index (κ2) is 9.34. The monoisotopic (exact) mass is 423 g/mol. The maximum absolute atomic E-state index is 12.7. The van der Waals surface area contributed by atoms with Gasteiger partial charge < -0.3 is 20.7 Å². The Balaban J connectivity index is 1.45. The number of piperidine rings is 1. The van der Waals surface area contributed by atoms with E-state index in [1.54, 1.807) is 11.8 Å². The van der Waals surface area contributed by atoms with E-state index in [0.29, 0.717) is 26.2 Å². The van der Waals surface area contributed by atoms with E-state index in [2.05, 4.69) is 10.3 Å². The number of nitrogens with zero attached hydrogens (tertiary/aromatic N) is 3. The number of carbonyl (C=O) groups is 1. The van der Waals surface area contributed by atoms with E-state index in [1.807, 2.05) is 24.3 Å². The summed E-state index contributed by atoms with van der Waals surface area (Å²) < 4.78 is 31.8. The fraction of sp³-hybridized carbons (Fsp3) is 0.579. The van der Waals surface area contributed by atoms with Crippen LogP contribution in [0.4, 0.5) is 10.5 Å². The summed E-state index contributed by atoms with van der Waals surface area (Å²) in [6, 6.07) is 7.66. The van der Waals surface area contributed by atoms with Crippen molar-refractivity contribution in [2.45, 2.75) is 32.2 Å². The van der Waals surface area contributed by atoms with Crippen LogP contribution < -0.4 is 15.4 Å². The topological polar surface area (TPSA) is 117 Å². The number of aliphatic imine (C=N–C) groups is 1. The summed E-state index contributed by atoms with van der Waals surface area (Å²) in [4.78, 5) is 17.6. The highest BCUT2D eigenvalue weighted by atomic mass is 32.2. The zero-order valence-electron chi connectivity index (χ0n) is 16.7. The summed E-state index contributed by atoms with van der Waals surface area (Å²) >= 11 is 0. The highest BCUT2D eigenvalue weighted by molar-refractivity contribution is 7.92. The molecule has 1 aromatic rings. The Kier molecular flexibility index (Phi) is 6.83. The molecular formula is C19H29N5O4S. The molecule has 0 bridgehead atoms. The predicted molar refractivity (Wildman–Crippen MR) is 113 cm³/mol. The lowest BCUT2D eigenvalue weighted by molar-refractivity contribution is 0.0963. The summed E-state index contributed by atoms with van der Waals surface area (Å²) in [6.45, 7) is 3.90. The third-order valence-corrected chi connectivity index (χ3v) is 6.93. The molecule has 1 amide bonds. The third kappa shape index (κ3) is 5.31. The molecule has 1 aromatic carbocycles. The first-order valence-corrected chi connectivity index (χ1v) is 11.6. The van der Waals surface area contributed by atoms with Crippen molar-refractivity contribution in [3.8, 4) is 0 Å². The zero-order chi connectivity index (χ0) is 20.9. The SMILES string of the molecule is CCOC(=O)N1CCC(NC(N)=NCCS(=O)(=O)N2CCc3ccccc32)CC1. The van der Waals surface area contributed by atoms with Crippen LogP contribution in [0.5, 0.6) is 0 Å². The van der Waals surface area contributed by atoms with Crippen molar-refractivity contribution in [1.82, 2.24) is 10.2 Å². The normalized spacial score (nSPS) is 17.9. The summed E-state index contributed by atoms with van der Waals surface area (Å²) in [5.74, 6) is 0.141. The Morgan fingerprint density at radius 2 is 2.00 bits per heavy atom. The maximum Gasteiger partial charge on any atom is 0.409 e. The number of rotatable bonds is 6. The van der Waals surface area contributed by atoms with Gasteiger partial charge in [0.2, 0.25) is 10.0 Å². The first-order valence-electron chi connectivity index (χ1n) is 9.97. The molecule has 0 aromatic heterocycles. The van der Waals surface area contributed by atoms with Crippen molar-refractivity contribution in [1.29, 1.82) is 0 Å². The van der Waals surface area contributed by atoms with Crippen LogP contribution in [0.1, 0.15) is 25.3 Å². The van der Waals surface area contributed by atoms with Crippen molar-refractivity contribution < 1.29 is 17.9 Å². The summed E-state index contributed by atoms with van der Waals surface area (Å²) in [5, 5.41) is 3.12. The lowest BCUT2D eigenvalue weighted by atomic mass is 10.1. The predicted octanol–water partition coefficient (Wildman–Crippen LogP) is 0.904. The van der Waals surface area contributed by atoms with Crippen molar-refractivity contribution in [2.75, 3.05) is 42.8 Å². The molecule has 1 saturated heterocycles. The quantitative estimate of drug-likeness (QED) is 0.519. The minimum absolute atomic E-state index is 0.0922. The molecule has 9 nitrogen and oxygen atoms in total. The van der Waals surface area contributed by atoms with Gasteiger partial charge in [-0.2, -0.15) is 0 Å². The largest absolute Gasteiger partial charge is 0.450 e. The molecule has 3 N–H and O–H groups in total. The highest BCUT2D eigenvalue weighted by Gasteiger charge is 2.28. The number of likely N-dealkylation sites (tertiary alicyclic amines) is 1. The minimum Gasteiger partial charge on any atom is -0.450 e. The van der Waals surface area contributed by atoms with Crippen molar-refractivity contribution in [3.63, 3.8) is 0 Å². The molecule has 160 valence electrons. The van der Waals surface area contributed by atoms with E-state index < -0.39 is 10.0 Å². The van der Waals surface area contributed by atoms with Crippen LogP contribution in [0, 0.1) is 0 Å². The number of carbonyl (C=O) groups excluding carboxylic acids is 1. The lowest BCUT2D eigenvalue weighted by Crippen LogP contribution is -2.48. The van der Waals surface area contributed by atoms with Gasteiger partial charge in [-0.1, -0.05) is 18.2 Å². The second-order valence-electron chi connectivity index (χ2n) is 7.14. The van der Waals surface area contributed by atoms with E-state index in [1.165, 1.54) is 4.31 Å². The van der Waals surface area contributed by atoms with Gasteiger partial charge in [-0.05, 0) is 37.8 Å². The molecule has 29 heavy (non-hydrogen) atoms. The number of sulfonamides is 1. The third-order valence-electron chi connectivity index (χ3n) is 5.18. The number of fused-ring (bicyclic) bond motifs is 1. The number of anilines is 1. The maximum atomic E-state index is 12.7. The van der Waals surface area contributed by atoms with Crippen LogP contribution in [0.15, 0.2) is 29.3 Å². The summed E-state index contributed by atoms with van der Waals surface area (Å²) in [7, 11) is -3.44. The van der Waals surface area contributed by atoms with Gasteiger partial charge >= 0.3 is 6.09 Å². The van der Waals surface area contributed by atoms with Crippen molar-refractivity contribution in [3.05, 3.63) is 29.8 Å². The summed E-state index contributed by atoms with van der Waals surface area (Å²) in [5.41, 5.74) is 7.74. The number of benzene rings is 1. The molecule has 1 fully saturated rings. The fourth-order valence-electron chi connectivity index (χ4n) is 3.66. The second-order valence-corrected chi connectivity index (χ2v) is 9.15. The molecule has 0 unspecified atom stereocenters. The summed E-state index contributed by atoms with van der Waals surface area (Å²) in [6.07, 6.45) is 1.91. The molecule has 0 saturated carbocycles. The van der Waals surface area contributed by atoms with E-state index in [9.17, 15) is 13.2 Å². The molecule has 0 aliphatic carbocycles. The average molecular weight is 424 g/mol. The van der Waals surface area contributed by atoms with Crippen LogP contribution in [0.2, 0.25) is 0 Å². The number of ether oxygens (including phenoxy) is 1. The lowest BCUT2D eigenvalue weighted by Gasteiger charge is -2.31. The molecule has 0 spiro atoms. The number of nitrogens with one attached hydrogen (secondary N) is 1. The van der Waals surface area contributed by atoms with Gasteiger partial charge in [-0.15, -0.1) is 0 Å². The Hall–Kier alpha value is -2.49. The minimum atomic E-state index is -3.44. The number of para-hydroxylation sites is 1. The Bertz CT molecular complexity index is 850. The number of hydrogen-bond donors (Lipinski definition) is 2. The van der Waals surface area contributed by atoms with Gasteiger partial charge in [-0.3, -0.25) is 9.30 Å².